The number of likely N-dealkylation sites (tertiary alicyclic amines) is 1. The van der Waals surface area contributed by atoms with E-state index in [4.69, 9.17) is 0 Å². The fourth-order valence-corrected chi connectivity index (χ4v) is 3.69. The minimum atomic E-state index is 0.311. The zero-order chi connectivity index (χ0) is 11.9. The molecule has 0 atom stereocenters. The molecule has 90 valence electrons. The van der Waals surface area contributed by atoms with Crippen LogP contribution in [0.4, 0.5) is 0 Å². The highest BCUT2D eigenvalue weighted by molar-refractivity contribution is 5.04. The summed E-state index contributed by atoms with van der Waals surface area (Å²) in [5.41, 5.74) is 0.739. The standard InChI is InChI=1S/C14H29N/c1-11(2)14(12(3)4)9-8-10-15(14)13(5,6)7/h11-12H,8-10H2,1-7H3. The first-order valence-electron chi connectivity index (χ1n) is 6.50. The number of hydrogen-bond acceptors (Lipinski definition) is 1. The van der Waals surface area contributed by atoms with Crippen LogP contribution < -0.4 is 0 Å². The molecule has 0 unspecified atom stereocenters. The second kappa shape index (κ2) is 4.08. The molecule has 1 aliphatic rings. The molecule has 0 saturated carbocycles. The smallest absolute Gasteiger partial charge is 0.0261 e. The van der Waals surface area contributed by atoms with Gasteiger partial charge in [0.2, 0.25) is 0 Å². The van der Waals surface area contributed by atoms with E-state index in [2.05, 4.69) is 53.4 Å². The minimum Gasteiger partial charge on any atom is -0.292 e. The van der Waals surface area contributed by atoms with E-state index in [1.54, 1.807) is 0 Å². The van der Waals surface area contributed by atoms with Gasteiger partial charge in [-0.1, -0.05) is 27.7 Å². The van der Waals surface area contributed by atoms with E-state index in [9.17, 15) is 0 Å². The van der Waals surface area contributed by atoms with Crippen molar-refractivity contribution in [1.82, 2.24) is 4.90 Å². The maximum absolute atomic E-state index is 2.76. The molecule has 15 heavy (non-hydrogen) atoms. The van der Waals surface area contributed by atoms with Crippen molar-refractivity contribution in [2.24, 2.45) is 11.8 Å². The number of nitrogens with zero attached hydrogens (tertiary/aromatic N) is 1. The van der Waals surface area contributed by atoms with Gasteiger partial charge in [-0.3, -0.25) is 4.90 Å². The highest BCUT2D eigenvalue weighted by atomic mass is 15.3. The van der Waals surface area contributed by atoms with Crippen LogP contribution in [0.25, 0.3) is 0 Å². The molecule has 0 spiro atoms. The third kappa shape index (κ3) is 2.08. The third-order valence-corrected chi connectivity index (χ3v) is 4.27. The van der Waals surface area contributed by atoms with Crippen molar-refractivity contribution in [3.8, 4) is 0 Å². The van der Waals surface area contributed by atoms with Gasteiger partial charge in [0.15, 0.2) is 0 Å². The molecular formula is C14H29N. The molecule has 1 rings (SSSR count). The second-order valence-electron chi connectivity index (χ2n) is 6.73. The van der Waals surface area contributed by atoms with Crippen LogP contribution in [0.15, 0.2) is 0 Å². The monoisotopic (exact) mass is 211 g/mol. The molecule has 1 heterocycles. The lowest BCUT2D eigenvalue weighted by Crippen LogP contribution is -2.58. The average Bonchev–Trinajstić information content (AvgIpc) is 2.46. The van der Waals surface area contributed by atoms with E-state index >= 15 is 0 Å². The van der Waals surface area contributed by atoms with Gasteiger partial charge in [0, 0.05) is 11.1 Å². The first-order valence-corrected chi connectivity index (χ1v) is 6.50. The predicted molar refractivity (Wildman–Crippen MR) is 68.1 cm³/mol. The van der Waals surface area contributed by atoms with Crippen LogP contribution in [0.5, 0.6) is 0 Å². The Labute approximate surface area is 96.2 Å². The lowest BCUT2D eigenvalue weighted by atomic mass is 9.73. The topological polar surface area (TPSA) is 3.24 Å². The van der Waals surface area contributed by atoms with E-state index in [1.165, 1.54) is 19.4 Å². The van der Waals surface area contributed by atoms with Crippen molar-refractivity contribution in [3.63, 3.8) is 0 Å². The van der Waals surface area contributed by atoms with E-state index in [1.807, 2.05) is 0 Å². The molecule has 1 saturated heterocycles. The third-order valence-electron chi connectivity index (χ3n) is 4.27. The molecule has 1 aliphatic heterocycles. The first-order chi connectivity index (χ1) is 6.73. The zero-order valence-corrected chi connectivity index (χ0v) is 11.7. The van der Waals surface area contributed by atoms with Crippen LogP contribution in [-0.4, -0.2) is 22.5 Å². The van der Waals surface area contributed by atoms with Gasteiger partial charge < -0.3 is 0 Å². The summed E-state index contributed by atoms with van der Waals surface area (Å²) in [7, 11) is 0. The van der Waals surface area contributed by atoms with Gasteiger partial charge in [0.25, 0.3) is 0 Å². The minimum absolute atomic E-state index is 0.311. The Morgan fingerprint density at radius 1 is 1.00 bits per heavy atom. The number of hydrogen-bond donors (Lipinski definition) is 0. The molecule has 1 nitrogen and oxygen atoms in total. The fraction of sp³-hybridized carbons (Fsp3) is 1.00. The summed E-state index contributed by atoms with van der Waals surface area (Å²) in [5, 5.41) is 0. The van der Waals surface area contributed by atoms with Crippen LogP contribution in [0.3, 0.4) is 0 Å². The van der Waals surface area contributed by atoms with Crippen LogP contribution in [0, 0.1) is 11.8 Å². The molecule has 0 radical (unpaired) electrons. The maximum atomic E-state index is 2.76. The van der Waals surface area contributed by atoms with Crippen molar-refractivity contribution in [3.05, 3.63) is 0 Å². The zero-order valence-electron chi connectivity index (χ0n) is 11.7. The fourth-order valence-electron chi connectivity index (χ4n) is 3.69. The summed E-state index contributed by atoms with van der Waals surface area (Å²) in [5.74, 6) is 1.50. The molecule has 0 aromatic heterocycles. The van der Waals surface area contributed by atoms with Gasteiger partial charge in [-0.2, -0.15) is 0 Å². The van der Waals surface area contributed by atoms with Crippen LogP contribution in [-0.2, 0) is 0 Å². The van der Waals surface area contributed by atoms with Crippen molar-refractivity contribution < 1.29 is 0 Å². The molecule has 1 heteroatoms. The molecule has 0 aromatic carbocycles. The largest absolute Gasteiger partial charge is 0.292 e. The van der Waals surface area contributed by atoms with Crippen molar-refractivity contribution >= 4 is 0 Å². The van der Waals surface area contributed by atoms with E-state index < -0.39 is 0 Å². The Morgan fingerprint density at radius 3 is 1.73 bits per heavy atom. The van der Waals surface area contributed by atoms with Gasteiger partial charge in [-0.25, -0.2) is 0 Å². The summed E-state index contributed by atoms with van der Waals surface area (Å²) in [6, 6.07) is 0. The molecule has 0 bridgehead atoms. The molecule has 0 N–H and O–H groups in total. The molecule has 1 fully saturated rings. The quantitative estimate of drug-likeness (QED) is 0.669. The van der Waals surface area contributed by atoms with Gasteiger partial charge in [-0.05, 0) is 52.0 Å². The van der Waals surface area contributed by atoms with E-state index in [0.717, 1.165) is 11.8 Å². The van der Waals surface area contributed by atoms with Crippen LogP contribution in [0.2, 0.25) is 0 Å². The highest BCUT2D eigenvalue weighted by Crippen LogP contribution is 2.45. The maximum Gasteiger partial charge on any atom is 0.0261 e. The highest BCUT2D eigenvalue weighted by Gasteiger charge is 2.49. The second-order valence-corrected chi connectivity index (χ2v) is 6.73. The molecule has 0 amide bonds. The normalized spacial score (nSPS) is 23.0. The predicted octanol–water partition coefficient (Wildman–Crippen LogP) is 3.93. The molecular weight excluding hydrogens is 182 g/mol. The van der Waals surface area contributed by atoms with Crippen molar-refractivity contribution in [2.45, 2.75) is 72.4 Å². The van der Waals surface area contributed by atoms with E-state index in [-0.39, 0.29) is 0 Å². The summed E-state index contributed by atoms with van der Waals surface area (Å²) in [6.07, 6.45) is 2.74. The van der Waals surface area contributed by atoms with Gasteiger partial charge in [0.1, 0.15) is 0 Å². The number of rotatable bonds is 2. The average molecular weight is 211 g/mol. The Bertz CT molecular complexity index is 202. The van der Waals surface area contributed by atoms with Gasteiger partial charge >= 0.3 is 0 Å². The Hall–Kier alpha value is -0.0400. The van der Waals surface area contributed by atoms with Crippen LogP contribution >= 0.6 is 0 Å². The van der Waals surface area contributed by atoms with Crippen molar-refractivity contribution in [1.29, 1.82) is 0 Å². The van der Waals surface area contributed by atoms with Gasteiger partial charge in [0.05, 0.1) is 0 Å². The van der Waals surface area contributed by atoms with Crippen molar-refractivity contribution in [2.75, 3.05) is 6.54 Å². The molecule has 0 aliphatic carbocycles. The summed E-state index contributed by atoms with van der Waals surface area (Å²) < 4.78 is 0. The van der Waals surface area contributed by atoms with Gasteiger partial charge in [-0.15, -0.1) is 0 Å². The summed E-state index contributed by atoms with van der Waals surface area (Å²) in [4.78, 5) is 2.76. The summed E-state index contributed by atoms with van der Waals surface area (Å²) in [6.45, 7) is 17.9. The lowest BCUT2D eigenvalue weighted by molar-refractivity contribution is -0.0220. The molecule has 0 aromatic rings. The Balaban J connectivity index is 3.06. The van der Waals surface area contributed by atoms with Crippen LogP contribution in [0.1, 0.15) is 61.3 Å². The summed E-state index contributed by atoms with van der Waals surface area (Å²) >= 11 is 0. The Morgan fingerprint density at radius 2 is 1.47 bits per heavy atom. The lowest BCUT2D eigenvalue weighted by Gasteiger charge is -2.51. The SMILES string of the molecule is CC(C)C1(C(C)C)CCCN1C(C)(C)C. The Kier molecular flexibility index (Phi) is 3.55. The van der Waals surface area contributed by atoms with E-state index in [0.29, 0.717) is 11.1 Å². The first kappa shape index (κ1) is 13.0.